The average molecular weight is 480 g/mol. The van der Waals surface area contributed by atoms with E-state index in [1.807, 2.05) is 32.3 Å². The second-order valence-corrected chi connectivity index (χ2v) is 9.65. The van der Waals surface area contributed by atoms with Crippen molar-refractivity contribution < 1.29 is 9.53 Å². The van der Waals surface area contributed by atoms with Crippen LogP contribution in [0.1, 0.15) is 32.1 Å². The highest BCUT2D eigenvalue weighted by atomic mass is 35.5. The molecule has 0 aliphatic heterocycles. The van der Waals surface area contributed by atoms with Crippen molar-refractivity contribution in [3.63, 3.8) is 0 Å². The van der Waals surface area contributed by atoms with Crippen molar-refractivity contribution in [2.24, 2.45) is 0 Å². The zero-order valence-corrected chi connectivity index (χ0v) is 20.2. The van der Waals surface area contributed by atoms with Gasteiger partial charge in [-0.1, -0.05) is 41.9 Å². The van der Waals surface area contributed by atoms with Gasteiger partial charge < -0.3 is 15.4 Å². The summed E-state index contributed by atoms with van der Waals surface area (Å²) in [4.78, 5) is 20.5. The number of fused-ring (bicyclic) bond motifs is 1. The number of carbonyl (C=O) groups is 1. The molecular formula is C26H26ClN3O2S. The number of aromatic nitrogens is 1. The molecule has 0 aliphatic rings. The maximum atomic E-state index is 12.8. The largest absolute Gasteiger partial charge is 0.383 e. The van der Waals surface area contributed by atoms with E-state index in [0.717, 1.165) is 32.5 Å². The summed E-state index contributed by atoms with van der Waals surface area (Å²) >= 11 is 7.79. The highest BCUT2D eigenvalue weighted by molar-refractivity contribution is 7.14. The summed E-state index contributed by atoms with van der Waals surface area (Å²) in [6.07, 6.45) is 2.77. The second-order valence-electron chi connectivity index (χ2n) is 8.11. The fourth-order valence-electron chi connectivity index (χ4n) is 3.58. The fraction of sp³-hybridized carbons (Fsp3) is 0.231. The first-order valence-electron chi connectivity index (χ1n) is 10.7. The molecule has 0 fully saturated rings. The first-order chi connectivity index (χ1) is 15.9. The number of carbonyl (C=O) groups excluding carboxylic acids is 1. The number of thiophene rings is 1. The number of rotatable bonds is 9. The summed E-state index contributed by atoms with van der Waals surface area (Å²) in [6, 6.07) is 17.9. The van der Waals surface area contributed by atoms with Crippen LogP contribution in [0.4, 0.5) is 11.5 Å². The Morgan fingerprint density at radius 2 is 1.82 bits per heavy atom. The standard InChI is InChI=1S/C26H26ClN3O2S/c1-30(2)20-7-3-18(4-8-20)15-32-16-25-22(27)14-24(33-25)23(31)10-6-17-5-9-21-19(13-17)11-12-29-26(21)28/h3-5,7-9,11-14H,6,10,15-16H2,1-2H3,(H2,28,29). The van der Waals surface area contributed by atoms with Crippen LogP contribution in [0.15, 0.2) is 60.8 Å². The Labute approximate surface area is 202 Å². The lowest BCUT2D eigenvalue weighted by atomic mass is 10.0. The first-order valence-corrected chi connectivity index (χ1v) is 11.9. The maximum absolute atomic E-state index is 12.8. The summed E-state index contributed by atoms with van der Waals surface area (Å²) in [5.41, 5.74) is 9.25. The molecule has 2 N–H and O–H groups in total. The van der Waals surface area contributed by atoms with Gasteiger partial charge >= 0.3 is 0 Å². The highest BCUT2D eigenvalue weighted by Gasteiger charge is 2.14. The Kier molecular flexibility index (Phi) is 7.28. The molecule has 5 nitrogen and oxygen atoms in total. The van der Waals surface area contributed by atoms with Crippen LogP contribution < -0.4 is 10.6 Å². The van der Waals surface area contributed by atoms with Gasteiger partial charge in [-0.25, -0.2) is 4.98 Å². The minimum Gasteiger partial charge on any atom is -0.383 e. The molecule has 0 atom stereocenters. The molecule has 0 amide bonds. The van der Waals surface area contributed by atoms with Crippen molar-refractivity contribution in [1.29, 1.82) is 0 Å². The number of hydrogen-bond acceptors (Lipinski definition) is 6. The van der Waals surface area contributed by atoms with Gasteiger partial charge in [0.15, 0.2) is 5.78 Å². The second kappa shape index (κ2) is 10.3. The molecule has 170 valence electrons. The van der Waals surface area contributed by atoms with Crippen LogP contribution in [0.3, 0.4) is 0 Å². The molecule has 33 heavy (non-hydrogen) atoms. The lowest BCUT2D eigenvalue weighted by molar-refractivity contribution is 0.0986. The van der Waals surface area contributed by atoms with Crippen LogP contribution in [0.5, 0.6) is 0 Å². The molecule has 0 unspecified atom stereocenters. The van der Waals surface area contributed by atoms with Crippen molar-refractivity contribution in [1.82, 2.24) is 4.98 Å². The number of nitrogens with two attached hydrogens (primary N) is 1. The van der Waals surface area contributed by atoms with E-state index in [9.17, 15) is 4.79 Å². The van der Waals surface area contributed by atoms with E-state index >= 15 is 0 Å². The molecule has 0 radical (unpaired) electrons. The SMILES string of the molecule is CN(C)c1ccc(COCc2sc(C(=O)CCc3ccc4c(N)nccc4c3)cc2Cl)cc1. The van der Waals surface area contributed by atoms with E-state index in [-0.39, 0.29) is 5.78 Å². The maximum Gasteiger partial charge on any atom is 0.173 e. The third kappa shape index (κ3) is 5.71. The average Bonchev–Trinajstić information content (AvgIpc) is 3.18. The normalized spacial score (nSPS) is 11.1. The number of benzene rings is 2. The van der Waals surface area contributed by atoms with Crippen LogP contribution in [0.25, 0.3) is 10.8 Å². The summed E-state index contributed by atoms with van der Waals surface area (Å²) in [5, 5.41) is 2.54. The molecule has 7 heteroatoms. The van der Waals surface area contributed by atoms with Crippen molar-refractivity contribution >= 4 is 51.0 Å². The van der Waals surface area contributed by atoms with Gasteiger partial charge in [-0.2, -0.15) is 0 Å². The number of pyridine rings is 1. The molecule has 0 bridgehead atoms. The van der Waals surface area contributed by atoms with E-state index in [4.69, 9.17) is 22.1 Å². The predicted molar refractivity (Wildman–Crippen MR) is 137 cm³/mol. The Bertz CT molecular complexity index is 1270. The van der Waals surface area contributed by atoms with Crippen molar-refractivity contribution in [3.8, 4) is 0 Å². The minimum absolute atomic E-state index is 0.0850. The summed E-state index contributed by atoms with van der Waals surface area (Å²) in [5.74, 6) is 0.602. The number of nitrogens with zero attached hydrogens (tertiary/aromatic N) is 2. The number of aryl methyl sites for hydroxylation is 1. The lowest BCUT2D eigenvalue weighted by Gasteiger charge is -2.12. The van der Waals surface area contributed by atoms with Gasteiger partial charge in [0.25, 0.3) is 0 Å². The van der Waals surface area contributed by atoms with Crippen molar-refractivity contribution in [3.05, 3.63) is 86.7 Å². The third-order valence-electron chi connectivity index (χ3n) is 5.49. The van der Waals surface area contributed by atoms with Gasteiger partial charge in [0.2, 0.25) is 0 Å². The number of nitrogen functional groups attached to an aromatic ring is 1. The number of halogens is 1. The third-order valence-corrected chi connectivity index (χ3v) is 7.09. The van der Waals surface area contributed by atoms with E-state index in [1.165, 1.54) is 11.3 Å². The van der Waals surface area contributed by atoms with E-state index in [0.29, 0.717) is 41.8 Å². The zero-order valence-electron chi connectivity index (χ0n) is 18.7. The topological polar surface area (TPSA) is 68.5 Å². The van der Waals surface area contributed by atoms with Gasteiger partial charge in [-0.15, -0.1) is 11.3 Å². The summed E-state index contributed by atoms with van der Waals surface area (Å²) in [7, 11) is 4.03. The molecule has 2 aromatic carbocycles. The fourth-order valence-corrected chi connectivity index (χ4v) is 4.88. The molecule has 4 aromatic rings. The van der Waals surface area contributed by atoms with E-state index in [1.54, 1.807) is 12.3 Å². The van der Waals surface area contributed by atoms with Gasteiger partial charge in [0.1, 0.15) is 5.82 Å². The monoisotopic (exact) mass is 479 g/mol. The molecule has 2 aromatic heterocycles. The minimum atomic E-state index is 0.0850. The zero-order chi connectivity index (χ0) is 23.4. The van der Waals surface area contributed by atoms with Crippen LogP contribution in [-0.4, -0.2) is 24.9 Å². The van der Waals surface area contributed by atoms with Crippen molar-refractivity contribution in [2.45, 2.75) is 26.1 Å². The quantitative estimate of drug-likeness (QED) is 0.292. The Morgan fingerprint density at radius 1 is 1.06 bits per heavy atom. The summed E-state index contributed by atoms with van der Waals surface area (Å²) in [6.45, 7) is 0.875. The Balaban J connectivity index is 1.32. The molecule has 0 aliphatic carbocycles. The first kappa shape index (κ1) is 23.2. The van der Waals surface area contributed by atoms with Crippen LogP contribution in [-0.2, 0) is 24.4 Å². The number of anilines is 2. The van der Waals surface area contributed by atoms with Crippen LogP contribution in [0, 0.1) is 0 Å². The molecule has 2 heterocycles. The van der Waals surface area contributed by atoms with Crippen molar-refractivity contribution in [2.75, 3.05) is 24.7 Å². The van der Waals surface area contributed by atoms with Gasteiger partial charge in [-0.3, -0.25) is 4.79 Å². The molecule has 0 spiro atoms. The number of ketones is 1. The lowest BCUT2D eigenvalue weighted by Crippen LogP contribution is -2.08. The molecule has 0 saturated heterocycles. The smallest absolute Gasteiger partial charge is 0.173 e. The van der Waals surface area contributed by atoms with E-state index in [2.05, 4.69) is 40.2 Å². The number of Topliss-reactive ketones (excluding diaryl/α,β-unsaturated/α-hetero) is 1. The highest BCUT2D eigenvalue weighted by Crippen LogP contribution is 2.29. The molecule has 0 saturated carbocycles. The molecular weight excluding hydrogens is 454 g/mol. The Morgan fingerprint density at radius 3 is 2.58 bits per heavy atom. The Hall–Kier alpha value is -2.93. The van der Waals surface area contributed by atoms with Gasteiger partial charge in [0, 0.05) is 42.7 Å². The van der Waals surface area contributed by atoms with Crippen LogP contribution in [0.2, 0.25) is 5.02 Å². The number of hydrogen-bond donors (Lipinski definition) is 1. The van der Waals surface area contributed by atoms with Crippen LogP contribution >= 0.6 is 22.9 Å². The summed E-state index contributed by atoms with van der Waals surface area (Å²) < 4.78 is 5.85. The number of ether oxygens (including phenoxy) is 1. The molecule has 4 rings (SSSR count). The van der Waals surface area contributed by atoms with Gasteiger partial charge in [-0.05, 0) is 47.2 Å². The van der Waals surface area contributed by atoms with E-state index < -0.39 is 0 Å². The van der Waals surface area contributed by atoms with Gasteiger partial charge in [0.05, 0.1) is 23.1 Å². The predicted octanol–water partition coefficient (Wildman–Crippen LogP) is 6.13.